The second-order valence-corrected chi connectivity index (χ2v) is 7.58. The molecule has 0 radical (unpaired) electrons. The van der Waals surface area contributed by atoms with Gasteiger partial charge in [-0.3, -0.25) is 4.72 Å². The van der Waals surface area contributed by atoms with Crippen LogP contribution in [0.1, 0.15) is 20.3 Å². The third-order valence-electron chi connectivity index (χ3n) is 3.43. The number of ether oxygens (including phenoxy) is 3. The molecule has 1 saturated heterocycles. The quantitative estimate of drug-likeness (QED) is 0.818. The monoisotopic (exact) mass is 347 g/mol. The van der Waals surface area contributed by atoms with E-state index in [1.807, 2.05) is 13.8 Å². The maximum atomic E-state index is 13.2. The molecule has 0 bridgehead atoms. The highest BCUT2D eigenvalue weighted by Gasteiger charge is 2.41. The lowest BCUT2D eigenvalue weighted by molar-refractivity contribution is -0.0669. The summed E-state index contributed by atoms with van der Waals surface area (Å²) >= 11 is 0. The minimum atomic E-state index is -3.72. The second kappa shape index (κ2) is 7.02. The normalized spacial score (nSPS) is 21.6. The summed E-state index contributed by atoms with van der Waals surface area (Å²) < 4.78 is 56.8. The molecule has 130 valence electrons. The van der Waals surface area contributed by atoms with Crippen LogP contribution < -0.4 is 9.46 Å². The summed E-state index contributed by atoms with van der Waals surface area (Å²) in [6.07, 6.45) is 0.388. The fourth-order valence-corrected chi connectivity index (χ4v) is 4.19. The standard InChI is InChI=1S/C15H22FNO5S/c1-11(2)22-15(6-7-21-9-15)10-23(18,19)17-13-5-4-12(16)8-14(13)20-3/h4-5,8,11,17H,6-7,9-10H2,1-3H3. The predicted octanol–water partition coefficient (Wildman–Crippen LogP) is 2.16. The first-order valence-corrected chi connectivity index (χ1v) is 9.00. The minimum Gasteiger partial charge on any atom is -0.494 e. The maximum Gasteiger partial charge on any atom is 0.235 e. The SMILES string of the molecule is COc1cc(F)ccc1NS(=O)(=O)CC1(OC(C)C)CCOC1. The molecule has 1 N–H and O–H groups in total. The summed E-state index contributed by atoms with van der Waals surface area (Å²) in [5.41, 5.74) is -0.680. The van der Waals surface area contributed by atoms with Crippen LogP contribution in [0.15, 0.2) is 18.2 Å². The van der Waals surface area contributed by atoms with Gasteiger partial charge in [0.2, 0.25) is 10.0 Å². The molecule has 8 heteroatoms. The molecule has 1 atom stereocenters. The van der Waals surface area contributed by atoms with Gasteiger partial charge in [0.1, 0.15) is 22.9 Å². The smallest absolute Gasteiger partial charge is 0.235 e. The number of halogens is 1. The molecule has 1 fully saturated rings. The second-order valence-electron chi connectivity index (χ2n) is 5.86. The fourth-order valence-electron chi connectivity index (χ4n) is 2.63. The van der Waals surface area contributed by atoms with Crippen LogP contribution in [0.5, 0.6) is 5.75 Å². The number of methoxy groups -OCH3 is 1. The van der Waals surface area contributed by atoms with E-state index in [4.69, 9.17) is 14.2 Å². The molecular formula is C15H22FNO5S. The van der Waals surface area contributed by atoms with Crippen LogP contribution in [0, 0.1) is 5.82 Å². The third kappa shape index (κ3) is 4.79. The van der Waals surface area contributed by atoms with Gasteiger partial charge in [-0.1, -0.05) is 0 Å². The Balaban J connectivity index is 2.18. The molecule has 6 nitrogen and oxygen atoms in total. The first kappa shape index (κ1) is 18.0. The van der Waals surface area contributed by atoms with Crippen LogP contribution in [-0.4, -0.2) is 46.2 Å². The van der Waals surface area contributed by atoms with E-state index >= 15 is 0 Å². The van der Waals surface area contributed by atoms with Crippen LogP contribution in [-0.2, 0) is 19.5 Å². The molecule has 1 aliphatic heterocycles. The Morgan fingerprint density at radius 3 is 2.74 bits per heavy atom. The molecule has 0 aromatic heterocycles. The molecule has 1 heterocycles. The summed E-state index contributed by atoms with van der Waals surface area (Å²) in [7, 11) is -2.38. The average Bonchev–Trinajstić information content (AvgIpc) is 2.86. The van der Waals surface area contributed by atoms with Gasteiger partial charge in [-0.05, 0) is 26.0 Å². The highest BCUT2D eigenvalue weighted by atomic mass is 32.2. The van der Waals surface area contributed by atoms with Gasteiger partial charge in [0.05, 0.1) is 25.5 Å². The molecule has 0 saturated carbocycles. The molecule has 0 aliphatic carbocycles. The van der Waals surface area contributed by atoms with Crippen molar-refractivity contribution in [3.05, 3.63) is 24.0 Å². The summed E-state index contributed by atoms with van der Waals surface area (Å²) in [4.78, 5) is 0. The first-order chi connectivity index (χ1) is 10.8. The number of benzene rings is 1. The lowest BCUT2D eigenvalue weighted by Crippen LogP contribution is -2.44. The molecule has 1 aliphatic rings. The largest absolute Gasteiger partial charge is 0.494 e. The molecule has 2 rings (SSSR count). The molecule has 0 amide bonds. The number of hydrogen-bond donors (Lipinski definition) is 1. The van der Waals surface area contributed by atoms with Crippen molar-refractivity contribution in [3.8, 4) is 5.75 Å². The Kier molecular flexibility index (Phi) is 5.49. The van der Waals surface area contributed by atoms with Gasteiger partial charge < -0.3 is 14.2 Å². The highest BCUT2D eigenvalue weighted by Crippen LogP contribution is 2.30. The Morgan fingerprint density at radius 1 is 1.43 bits per heavy atom. The van der Waals surface area contributed by atoms with E-state index in [0.29, 0.717) is 13.0 Å². The highest BCUT2D eigenvalue weighted by molar-refractivity contribution is 7.92. The van der Waals surface area contributed by atoms with Crippen LogP contribution >= 0.6 is 0 Å². The Labute approximate surface area is 136 Å². The van der Waals surface area contributed by atoms with E-state index in [1.165, 1.54) is 19.2 Å². The van der Waals surface area contributed by atoms with Crippen molar-refractivity contribution in [1.29, 1.82) is 0 Å². The summed E-state index contributed by atoms with van der Waals surface area (Å²) in [6, 6.07) is 3.61. The average molecular weight is 347 g/mol. The van der Waals surface area contributed by atoms with Gasteiger partial charge in [-0.25, -0.2) is 12.8 Å². The van der Waals surface area contributed by atoms with Crippen molar-refractivity contribution in [3.63, 3.8) is 0 Å². The Morgan fingerprint density at radius 2 is 2.17 bits per heavy atom. The topological polar surface area (TPSA) is 73.9 Å². The summed E-state index contributed by atoms with van der Waals surface area (Å²) in [5.74, 6) is -0.623. The van der Waals surface area contributed by atoms with E-state index in [0.717, 1.165) is 6.07 Å². The van der Waals surface area contributed by atoms with Gasteiger partial charge in [0, 0.05) is 19.1 Å². The Bertz CT molecular complexity index is 641. The minimum absolute atomic E-state index is 0.118. The zero-order chi connectivity index (χ0) is 17.1. The predicted molar refractivity (Wildman–Crippen MR) is 84.7 cm³/mol. The van der Waals surface area contributed by atoms with Crippen LogP contribution in [0.2, 0.25) is 0 Å². The molecule has 1 aromatic carbocycles. The summed E-state index contributed by atoms with van der Waals surface area (Å²) in [6.45, 7) is 4.39. The van der Waals surface area contributed by atoms with E-state index in [1.54, 1.807) is 0 Å². The molecular weight excluding hydrogens is 325 g/mol. The zero-order valence-electron chi connectivity index (χ0n) is 13.5. The van der Waals surface area contributed by atoms with Crippen LogP contribution in [0.25, 0.3) is 0 Å². The summed E-state index contributed by atoms with van der Waals surface area (Å²) in [5, 5.41) is 0. The lowest BCUT2D eigenvalue weighted by atomic mass is 10.1. The van der Waals surface area contributed by atoms with Crippen molar-refractivity contribution >= 4 is 15.7 Å². The van der Waals surface area contributed by atoms with Crippen molar-refractivity contribution in [2.75, 3.05) is 30.8 Å². The molecule has 0 spiro atoms. The first-order valence-electron chi connectivity index (χ1n) is 7.35. The number of nitrogens with one attached hydrogen (secondary N) is 1. The van der Waals surface area contributed by atoms with Gasteiger partial charge in [0.25, 0.3) is 0 Å². The van der Waals surface area contributed by atoms with Gasteiger partial charge in [0.15, 0.2) is 0 Å². The molecule has 1 aromatic rings. The number of hydrogen-bond acceptors (Lipinski definition) is 5. The Hall–Kier alpha value is -1.38. The van der Waals surface area contributed by atoms with Gasteiger partial charge in [-0.15, -0.1) is 0 Å². The van der Waals surface area contributed by atoms with Gasteiger partial charge in [-0.2, -0.15) is 0 Å². The van der Waals surface area contributed by atoms with E-state index in [9.17, 15) is 12.8 Å². The van der Waals surface area contributed by atoms with E-state index in [-0.39, 0.29) is 29.9 Å². The van der Waals surface area contributed by atoms with Crippen molar-refractivity contribution in [1.82, 2.24) is 0 Å². The number of sulfonamides is 1. The van der Waals surface area contributed by atoms with Crippen LogP contribution in [0.4, 0.5) is 10.1 Å². The van der Waals surface area contributed by atoms with Crippen LogP contribution in [0.3, 0.4) is 0 Å². The van der Waals surface area contributed by atoms with E-state index in [2.05, 4.69) is 4.72 Å². The van der Waals surface area contributed by atoms with Crippen molar-refractivity contribution in [2.24, 2.45) is 0 Å². The van der Waals surface area contributed by atoms with Crippen molar-refractivity contribution in [2.45, 2.75) is 32.0 Å². The molecule has 1 unspecified atom stereocenters. The van der Waals surface area contributed by atoms with E-state index < -0.39 is 21.4 Å². The van der Waals surface area contributed by atoms with Gasteiger partial charge >= 0.3 is 0 Å². The van der Waals surface area contributed by atoms with Crippen molar-refractivity contribution < 1.29 is 27.0 Å². The third-order valence-corrected chi connectivity index (χ3v) is 4.87. The zero-order valence-corrected chi connectivity index (χ0v) is 14.3. The fraction of sp³-hybridized carbons (Fsp3) is 0.600. The maximum absolute atomic E-state index is 13.2. The lowest BCUT2D eigenvalue weighted by Gasteiger charge is -2.30. The number of anilines is 1. The molecule has 23 heavy (non-hydrogen) atoms. The number of rotatable bonds is 7.